The molecule has 11 heteroatoms. The quantitative estimate of drug-likeness (QED) is 0.204. The van der Waals surface area contributed by atoms with Gasteiger partial charge >= 0.3 is 12.1 Å². The zero-order chi connectivity index (χ0) is 23.6. The maximum atomic E-state index is 12.3. The highest BCUT2D eigenvalue weighted by atomic mass is 33.1. The van der Waals surface area contributed by atoms with Crippen molar-refractivity contribution in [2.24, 2.45) is 23.7 Å². The predicted molar refractivity (Wildman–Crippen MR) is 121 cm³/mol. The molecule has 4 saturated heterocycles. The molecule has 33 heavy (non-hydrogen) atoms. The number of esters is 1. The molecule has 1 spiro atoms. The van der Waals surface area contributed by atoms with Crippen molar-refractivity contribution in [1.29, 1.82) is 0 Å². The van der Waals surface area contributed by atoms with Crippen LogP contribution in [0.2, 0.25) is 0 Å². The van der Waals surface area contributed by atoms with Gasteiger partial charge in [0, 0.05) is 36.7 Å². The Hall–Kier alpha value is -0.720. The molecule has 2 bridgehead atoms. The van der Waals surface area contributed by atoms with Crippen molar-refractivity contribution in [3.05, 3.63) is 0 Å². The first-order valence-electron chi connectivity index (χ1n) is 11.7. The second-order valence-electron chi connectivity index (χ2n) is 9.47. The lowest BCUT2D eigenvalue weighted by Gasteiger charge is -2.59. The number of ether oxygens (including phenoxy) is 5. The third-order valence-electron chi connectivity index (χ3n) is 7.25. The monoisotopic (exact) mass is 506 g/mol. The van der Waals surface area contributed by atoms with Crippen molar-refractivity contribution in [3.63, 3.8) is 0 Å². The highest BCUT2D eigenvalue weighted by Crippen LogP contribution is 2.60. The molecule has 1 saturated carbocycles. The van der Waals surface area contributed by atoms with Gasteiger partial charge in [-0.05, 0) is 38.0 Å². The third kappa shape index (κ3) is 5.28. The zero-order valence-corrected chi connectivity index (χ0v) is 21.2. The Labute approximate surface area is 202 Å². The van der Waals surface area contributed by atoms with Gasteiger partial charge in [-0.3, -0.25) is 4.79 Å². The van der Waals surface area contributed by atoms with E-state index < -0.39 is 30.1 Å². The second-order valence-corrected chi connectivity index (χ2v) is 12.2. The molecule has 0 aromatic carbocycles. The van der Waals surface area contributed by atoms with Crippen LogP contribution >= 0.6 is 21.6 Å². The Bertz CT molecular complexity index is 724. The maximum Gasteiger partial charge on any atom is 0.510 e. The highest BCUT2D eigenvalue weighted by Gasteiger charge is 2.69. The molecule has 5 fully saturated rings. The maximum absolute atomic E-state index is 12.3. The molecule has 8 atom stereocenters. The molecule has 188 valence electrons. The lowest BCUT2D eigenvalue weighted by atomic mass is 9.58. The highest BCUT2D eigenvalue weighted by molar-refractivity contribution is 8.76. The normalized spacial score (nSPS) is 41.6. The van der Waals surface area contributed by atoms with Crippen LogP contribution in [-0.2, 0) is 38.3 Å². The molecule has 0 aromatic heterocycles. The van der Waals surface area contributed by atoms with Crippen LogP contribution in [0, 0.1) is 23.7 Å². The second kappa shape index (κ2) is 10.5. The van der Waals surface area contributed by atoms with Crippen LogP contribution in [0.1, 0.15) is 53.4 Å². The summed E-state index contributed by atoms with van der Waals surface area (Å²) in [5.41, 5.74) is -0.684. The van der Waals surface area contributed by atoms with Crippen molar-refractivity contribution in [3.8, 4) is 0 Å². The molecular formula is C22H34O9S2. The van der Waals surface area contributed by atoms with Gasteiger partial charge in [0.05, 0.1) is 0 Å². The molecule has 0 aromatic rings. The van der Waals surface area contributed by atoms with E-state index in [1.54, 1.807) is 21.6 Å². The van der Waals surface area contributed by atoms with Gasteiger partial charge < -0.3 is 23.7 Å². The molecule has 1 aliphatic carbocycles. The number of fused-ring (bicyclic) bond motifs is 2. The van der Waals surface area contributed by atoms with Crippen LogP contribution in [0.15, 0.2) is 0 Å². The van der Waals surface area contributed by atoms with Crippen molar-refractivity contribution in [2.45, 2.75) is 77.3 Å². The SMILES string of the molecule is CC(=O)OCCSSCCOC(=O)OC1O[C@@H]2O[C@@]3(C)CC[C@H]4[C@H](C)CC[C@@H]([C@H]1C)[C@@]24OO3. The molecule has 5 rings (SSSR count). The van der Waals surface area contributed by atoms with Crippen LogP contribution in [0.3, 0.4) is 0 Å². The number of hydrogen-bond acceptors (Lipinski definition) is 11. The van der Waals surface area contributed by atoms with E-state index in [0.717, 1.165) is 25.7 Å². The van der Waals surface area contributed by atoms with E-state index in [-0.39, 0.29) is 30.3 Å². The summed E-state index contributed by atoms with van der Waals surface area (Å²) in [5.74, 6) is 0.846. The van der Waals surface area contributed by atoms with Gasteiger partial charge in [-0.15, -0.1) is 0 Å². The fourth-order valence-corrected chi connectivity index (χ4v) is 7.29. The van der Waals surface area contributed by atoms with Crippen molar-refractivity contribution in [1.82, 2.24) is 0 Å². The summed E-state index contributed by atoms with van der Waals surface area (Å²) >= 11 is 0. The minimum absolute atomic E-state index is 0.0853. The predicted octanol–water partition coefficient (Wildman–Crippen LogP) is 4.29. The Kier molecular flexibility index (Phi) is 8.07. The standard InChI is InChI=1S/C22H34O9S2/c1-13-5-6-17-14(2)18(28-20(24)26-10-12-33-32-11-9-25-15(3)23)27-19-22(17)16(13)7-8-21(4,29-19)30-31-22/h13-14,16-19H,5-12H2,1-4H3/t13-,14-,16+,17+,18?,19-,21-,22-/m1/s1. The minimum atomic E-state index is -0.868. The Morgan fingerprint density at radius 3 is 2.45 bits per heavy atom. The van der Waals surface area contributed by atoms with Gasteiger partial charge in [-0.1, -0.05) is 35.4 Å². The molecule has 4 aliphatic heterocycles. The summed E-state index contributed by atoms with van der Waals surface area (Å²) < 4.78 is 28.2. The van der Waals surface area contributed by atoms with Gasteiger partial charge in [-0.25, -0.2) is 14.6 Å². The zero-order valence-electron chi connectivity index (χ0n) is 19.6. The first-order chi connectivity index (χ1) is 15.7. The Morgan fingerprint density at radius 1 is 1.00 bits per heavy atom. The summed E-state index contributed by atoms with van der Waals surface area (Å²) in [7, 11) is 3.09. The smallest absolute Gasteiger partial charge is 0.465 e. The van der Waals surface area contributed by atoms with Crippen molar-refractivity contribution < 1.29 is 43.0 Å². The van der Waals surface area contributed by atoms with Gasteiger partial charge in [0.2, 0.25) is 12.1 Å². The Morgan fingerprint density at radius 2 is 1.73 bits per heavy atom. The van der Waals surface area contributed by atoms with Gasteiger partial charge in [0.1, 0.15) is 13.2 Å². The van der Waals surface area contributed by atoms with E-state index in [1.807, 2.05) is 13.8 Å². The fourth-order valence-electron chi connectivity index (χ4n) is 5.63. The number of hydrogen-bond donors (Lipinski definition) is 0. The molecule has 1 unspecified atom stereocenters. The van der Waals surface area contributed by atoms with Gasteiger partial charge in [0.15, 0.2) is 11.9 Å². The third-order valence-corrected chi connectivity index (χ3v) is 9.58. The molecule has 0 radical (unpaired) electrons. The van der Waals surface area contributed by atoms with Gasteiger partial charge in [0.25, 0.3) is 0 Å². The lowest BCUT2D eigenvalue weighted by Crippen LogP contribution is -2.70. The van der Waals surface area contributed by atoms with E-state index in [4.69, 9.17) is 33.5 Å². The summed E-state index contributed by atoms with van der Waals surface area (Å²) in [6, 6.07) is 0. The summed E-state index contributed by atoms with van der Waals surface area (Å²) in [6.07, 6.45) is 1.51. The van der Waals surface area contributed by atoms with Crippen molar-refractivity contribution >= 4 is 33.7 Å². The fraction of sp³-hybridized carbons (Fsp3) is 0.909. The average Bonchev–Trinajstić information content (AvgIpc) is 2.99. The van der Waals surface area contributed by atoms with Gasteiger partial charge in [-0.2, -0.15) is 0 Å². The van der Waals surface area contributed by atoms with Crippen LogP contribution in [0.4, 0.5) is 4.79 Å². The first kappa shape index (κ1) is 25.4. The number of rotatable bonds is 8. The van der Waals surface area contributed by atoms with Crippen LogP contribution in [-0.4, -0.2) is 60.8 Å². The van der Waals surface area contributed by atoms with Crippen molar-refractivity contribution in [2.75, 3.05) is 24.7 Å². The molecule has 0 N–H and O–H groups in total. The molecule has 9 nitrogen and oxygen atoms in total. The topological polar surface area (TPSA) is 98.8 Å². The van der Waals surface area contributed by atoms with Crippen LogP contribution in [0.5, 0.6) is 0 Å². The first-order valence-corrected chi connectivity index (χ1v) is 14.2. The molecule has 0 amide bonds. The van der Waals surface area contributed by atoms with E-state index in [2.05, 4.69) is 6.92 Å². The molecule has 5 aliphatic rings. The van der Waals surface area contributed by atoms with Crippen LogP contribution < -0.4 is 0 Å². The van der Waals surface area contributed by atoms with E-state index in [0.29, 0.717) is 24.0 Å². The lowest BCUT2D eigenvalue weighted by molar-refractivity contribution is -0.576. The molecule has 4 heterocycles. The van der Waals surface area contributed by atoms with Crippen LogP contribution in [0.25, 0.3) is 0 Å². The summed E-state index contributed by atoms with van der Waals surface area (Å²) in [6.45, 7) is 8.12. The number of carbonyl (C=O) groups excluding carboxylic acids is 2. The summed E-state index contributed by atoms with van der Waals surface area (Å²) in [5, 5.41) is 0. The minimum Gasteiger partial charge on any atom is -0.465 e. The largest absolute Gasteiger partial charge is 0.510 e. The Balaban J connectivity index is 1.29. The average molecular weight is 507 g/mol. The van der Waals surface area contributed by atoms with E-state index >= 15 is 0 Å². The molecular weight excluding hydrogens is 472 g/mol. The summed E-state index contributed by atoms with van der Waals surface area (Å²) in [4.78, 5) is 35.0. The van der Waals surface area contributed by atoms with E-state index in [9.17, 15) is 9.59 Å². The van der Waals surface area contributed by atoms with E-state index in [1.165, 1.54) is 6.92 Å². The number of carbonyl (C=O) groups is 2.